The minimum atomic E-state index is -3.24. The second kappa shape index (κ2) is 5.65. The Morgan fingerprint density at radius 1 is 1.24 bits per heavy atom. The van der Waals surface area contributed by atoms with Crippen LogP contribution < -0.4 is 10.5 Å². The van der Waals surface area contributed by atoms with E-state index in [4.69, 9.17) is 10.5 Å². The number of hydrogen-bond acceptors (Lipinski definition) is 4. The molecule has 2 aliphatic rings. The highest BCUT2D eigenvalue weighted by molar-refractivity contribution is 7.90. The molecule has 0 amide bonds. The Labute approximate surface area is 103 Å². The van der Waals surface area contributed by atoms with Gasteiger partial charge in [0.05, 0.1) is 11.9 Å². The number of nitrogens with two attached hydrogens (primary N) is 1. The fourth-order valence-electron chi connectivity index (χ4n) is 2.74. The third-order valence-electron chi connectivity index (χ3n) is 3.83. The fourth-order valence-corrected chi connectivity index (χ4v) is 4.41. The van der Waals surface area contributed by atoms with Gasteiger partial charge in [0.2, 0.25) is 10.0 Å². The van der Waals surface area contributed by atoms with Crippen LogP contribution in [0.1, 0.15) is 32.1 Å². The van der Waals surface area contributed by atoms with Crippen LogP contribution in [-0.4, -0.2) is 39.5 Å². The molecule has 3 atom stereocenters. The van der Waals surface area contributed by atoms with Gasteiger partial charge in [0.15, 0.2) is 0 Å². The molecule has 6 heteroatoms. The van der Waals surface area contributed by atoms with Crippen LogP contribution in [0, 0.1) is 5.92 Å². The standard InChI is InChI=1S/C11H22N2O3S/c12-7-9-3-1-5-11(9)13-17(14,15)10-4-2-6-16-8-10/h9-11,13H,1-8,12H2. The zero-order valence-corrected chi connectivity index (χ0v) is 10.9. The summed E-state index contributed by atoms with van der Waals surface area (Å²) in [6, 6.07) is 0.0342. The molecule has 1 aliphatic carbocycles. The lowest BCUT2D eigenvalue weighted by Gasteiger charge is -2.26. The maximum Gasteiger partial charge on any atom is 0.217 e. The molecule has 17 heavy (non-hydrogen) atoms. The second-order valence-electron chi connectivity index (χ2n) is 5.04. The number of rotatable bonds is 4. The molecule has 0 aromatic carbocycles. The summed E-state index contributed by atoms with van der Waals surface area (Å²) >= 11 is 0. The Balaban J connectivity index is 1.96. The maximum absolute atomic E-state index is 12.2. The fraction of sp³-hybridized carbons (Fsp3) is 1.00. The van der Waals surface area contributed by atoms with Crippen LogP contribution >= 0.6 is 0 Å². The van der Waals surface area contributed by atoms with E-state index >= 15 is 0 Å². The molecule has 1 saturated heterocycles. The number of nitrogens with one attached hydrogen (secondary N) is 1. The molecular formula is C11H22N2O3S. The topological polar surface area (TPSA) is 81.4 Å². The minimum Gasteiger partial charge on any atom is -0.380 e. The van der Waals surface area contributed by atoms with Gasteiger partial charge in [0, 0.05) is 12.6 Å². The van der Waals surface area contributed by atoms with Gasteiger partial charge in [-0.25, -0.2) is 13.1 Å². The first kappa shape index (κ1) is 13.3. The largest absolute Gasteiger partial charge is 0.380 e. The molecule has 0 spiro atoms. The lowest BCUT2D eigenvalue weighted by atomic mass is 10.1. The van der Waals surface area contributed by atoms with Crippen molar-refractivity contribution in [2.45, 2.75) is 43.4 Å². The first-order valence-corrected chi connectivity index (χ1v) is 7.97. The molecule has 2 fully saturated rings. The minimum absolute atomic E-state index is 0.0342. The quantitative estimate of drug-likeness (QED) is 0.759. The molecule has 0 bridgehead atoms. The molecule has 100 valence electrons. The molecule has 2 rings (SSSR count). The summed E-state index contributed by atoms with van der Waals surface area (Å²) in [5, 5.41) is -0.379. The Morgan fingerprint density at radius 2 is 2.06 bits per heavy atom. The Kier molecular flexibility index (Phi) is 4.41. The van der Waals surface area contributed by atoms with Crippen LogP contribution in [0.15, 0.2) is 0 Å². The van der Waals surface area contributed by atoms with Gasteiger partial charge in [-0.2, -0.15) is 0 Å². The van der Waals surface area contributed by atoms with E-state index in [1.54, 1.807) is 0 Å². The molecule has 1 saturated carbocycles. The van der Waals surface area contributed by atoms with Gasteiger partial charge < -0.3 is 10.5 Å². The van der Waals surface area contributed by atoms with Gasteiger partial charge >= 0.3 is 0 Å². The molecular weight excluding hydrogens is 240 g/mol. The van der Waals surface area contributed by atoms with Crippen LogP contribution in [0.2, 0.25) is 0 Å². The van der Waals surface area contributed by atoms with E-state index in [9.17, 15) is 8.42 Å². The van der Waals surface area contributed by atoms with Crippen molar-refractivity contribution in [1.29, 1.82) is 0 Å². The smallest absolute Gasteiger partial charge is 0.217 e. The highest BCUT2D eigenvalue weighted by atomic mass is 32.2. The number of sulfonamides is 1. The monoisotopic (exact) mass is 262 g/mol. The van der Waals surface area contributed by atoms with Gasteiger partial charge in [-0.3, -0.25) is 0 Å². The van der Waals surface area contributed by atoms with Crippen LogP contribution in [0.4, 0.5) is 0 Å². The van der Waals surface area contributed by atoms with Crippen LogP contribution in [0.3, 0.4) is 0 Å². The summed E-state index contributed by atoms with van der Waals surface area (Å²) in [6.45, 7) is 1.57. The van der Waals surface area contributed by atoms with Crippen molar-refractivity contribution in [3.63, 3.8) is 0 Å². The van der Waals surface area contributed by atoms with E-state index in [0.717, 1.165) is 25.7 Å². The van der Waals surface area contributed by atoms with Gasteiger partial charge in [0.25, 0.3) is 0 Å². The summed E-state index contributed by atoms with van der Waals surface area (Å²) in [5.41, 5.74) is 5.66. The highest BCUT2D eigenvalue weighted by Crippen LogP contribution is 2.26. The molecule has 0 aromatic heterocycles. The van der Waals surface area contributed by atoms with E-state index < -0.39 is 10.0 Å². The van der Waals surface area contributed by atoms with Gasteiger partial charge in [-0.05, 0) is 38.1 Å². The van der Waals surface area contributed by atoms with Crippen molar-refractivity contribution in [3.8, 4) is 0 Å². The van der Waals surface area contributed by atoms with Crippen molar-refractivity contribution in [1.82, 2.24) is 4.72 Å². The van der Waals surface area contributed by atoms with E-state index in [2.05, 4.69) is 4.72 Å². The molecule has 3 N–H and O–H groups in total. The summed E-state index contributed by atoms with van der Waals surface area (Å²) in [7, 11) is -3.24. The Morgan fingerprint density at radius 3 is 2.71 bits per heavy atom. The summed E-state index contributed by atoms with van der Waals surface area (Å²) in [5.74, 6) is 0.300. The molecule has 1 heterocycles. The molecule has 0 aromatic rings. The summed E-state index contributed by atoms with van der Waals surface area (Å²) in [4.78, 5) is 0. The van der Waals surface area contributed by atoms with E-state index in [-0.39, 0.29) is 11.3 Å². The Bertz CT molecular complexity index is 339. The summed E-state index contributed by atoms with van der Waals surface area (Å²) in [6.07, 6.45) is 4.54. The lowest BCUT2D eigenvalue weighted by Crippen LogP contribution is -2.46. The molecule has 3 unspecified atom stereocenters. The zero-order chi connectivity index (χ0) is 12.3. The van der Waals surface area contributed by atoms with Crippen molar-refractivity contribution in [2.75, 3.05) is 19.8 Å². The zero-order valence-electron chi connectivity index (χ0n) is 10.1. The van der Waals surface area contributed by atoms with Crippen molar-refractivity contribution in [2.24, 2.45) is 11.7 Å². The molecule has 5 nitrogen and oxygen atoms in total. The highest BCUT2D eigenvalue weighted by Gasteiger charge is 2.34. The average Bonchev–Trinajstić information content (AvgIpc) is 2.77. The number of ether oxygens (including phenoxy) is 1. The van der Waals surface area contributed by atoms with Crippen LogP contribution in [-0.2, 0) is 14.8 Å². The summed E-state index contributed by atoms with van der Waals surface area (Å²) < 4.78 is 32.4. The SMILES string of the molecule is NCC1CCCC1NS(=O)(=O)C1CCCOC1. The van der Waals surface area contributed by atoms with Crippen LogP contribution in [0.5, 0.6) is 0 Å². The van der Waals surface area contributed by atoms with Crippen molar-refractivity contribution < 1.29 is 13.2 Å². The van der Waals surface area contributed by atoms with Crippen LogP contribution in [0.25, 0.3) is 0 Å². The molecule has 0 radical (unpaired) electrons. The second-order valence-corrected chi connectivity index (χ2v) is 7.03. The third-order valence-corrected chi connectivity index (χ3v) is 5.72. The Hall–Kier alpha value is -0.170. The van der Waals surface area contributed by atoms with E-state index in [1.807, 2.05) is 0 Å². The maximum atomic E-state index is 12.2. The number of hydrogen-bond donors (Lipinski definition) is 2. The third kappa shape index (κ3) is 3.19. The average molecular weight is 262 g/mol. The predicted molar refractivity (Wildman–Crippen MR) is 66.1 cm³/mol. The van der Waals surface area contributed by atoms with Crippen molar-refractivity contribution >= 4 is 10.0 Å². The van der Waals surface area contributed by atoms with Gasteiger partial charge in [-0.15, -0.1) is 0 Å². The van der Waals surface area contributed by atoms with Gasteiger partial charge in [0.1, 0.15) is 0 Å². The van der Waals surface area contributed by atoms with Crippen molar-refractivity contribution in [3.05, 3.63) is 0 Å². The van der Waals surface area contributed by atoms with E-state index in [0.29, 0.717) is 32.1 Å². The first-order chi connectivity index (χ1) is 8.13. The first-order valence-electron chi connectivity index (χ1n) is 6.42. The normalized spacial score (nSPS) is 35.0. The predicted octanol–water partition coefficient (Wildman–Crippen LogP) is 0.212. The molecule has 1 aliphatic heterocycles. The van der Waals surface area contributed by atoms with E-state index in [1.165, 1.54) is 0 Å². The lowest BCUT2D eigenvalue weighted by molar-refractivity contribution is 0.0986. The van der Waals surface area contributed by atoms with Gasteiger partial charge in [-0.1, -0.05) is 6.42 Å².